The monoisotopic (exact) mass is 285 g/mol. The van der Waals surface area contributed by atoms with E-state index in [0.29, 0.717) is 15.5 Å². The third-order valence-electron chi connectivity index (χ3n) is 3.43. The molecular weight excluding hydrogens is 270 g/mol. The molecule has 102 valence electrons. The van der Waals surface area contributed by atoms with Gasteiger partial charge in [-0.25, -0.2) is 4.21 Å². The number of fused-ring (bicyclic) bond motifs is 1. The Bertz CT molecular complexity index is 800. The van der Waals surface area contributed by atoms with Gasteiger partial charge < -0.3 is 5.11 Å². The molecule has 0 radical (unpaired) electrons. The summed E-state index contributed by atoms with van der Waals surface area (Å²) in [6, 6.07) is 16.7. The average molecular weight is 285 g/mol. The van der Waals surface area contributed by atoms with Crippen molar-refractivity contribution >= 4 is 15.3 Å². The number of hydrogen-bond acceptors (Lipinski definition) is 3. The highest BCUT2D eigenvalue weighted by molar-refractivity contribution is 7.94. The van der Waals surface area contributed by atoms with Crippen LogP contribution in [0.2, 0.25) is 0 Å². The number of benzene rings is 2. The topological polar surface area (TPSA) is 49.7 Å². The van der Waals surface area contributed by atoms with Crippen molar-refractivity contribution in [2.45, 2.75) is 16.7 Å². The number of hydrogen-bond donors (Lipinski definition) is 1. The zero-order valence-corrected chi connectivity index (χ0v) is 11.9. The van der Waals surface area contributed by atoms with Gasteiger partial charge in [0.1, 0.15) is 9.73 Å². The summed E-state index contributed by atoms with van der Waals surface area (Å²) in [5.74, 6) is 0. The van der Waals surface area contributed by atoms with E-state index in [-0.39, 0.29) is 6.61 Å². The van der Waals surface area contributed by atoms with Crippen molar-refractivity contribution in [3.05, 3.63) is 65.9 Å². The fourth-order valence-corrected chi connectivity index (χ4v) is 4.67. The van der Waals surface area contributed by atoms with Crippen LogP contribution in [0.1, 0.15) is 12.5 Å². The summed E-state index contributed by atoms with van der Waals surface area (Å²) in [6.07, 6.45) is 0. The quantitative estimate of drug-likeness (QED) is 0.920. The van der Waals surface area contributed by atoms with Gasteiger partial charge in [-0.2, -0.15) is 4.36 Å². The normalized spacial score (nSPS) is 21.3. The molecule has 1 aliphatic heterocycles. The first-order chi connectivity index (χ1) is 9.66. The standard InChI is InChI=1S/C16H15NO2S/c1-12-15(11-18)14-9-5-6-10-16(14)20(19,17-12)13-7-3-2-4-8-13/h2-10,18H,11H2,1H3/t20-/m1/s1. The highest BCUT2D eigenvalue weighted by atomic mass is 32.2. The molecular formula is C16H15NO2S. The number of nitrogens with zero attached hydrogens (tertiary/aromatic N) is 1. The van der Waals surface area contributed by atoms with Gasteiger partial charge in [-0.1, -0.05) is 36.4 Å². The summed E-state index contributed by atoms with van der Waals surface area (Å²) >= 11 is 0. The van der Waals surface area contributed by atoms with E-state index < -0.39 is 9.73 Å². The highest BCUT2D eigenvalue weighted by Gasteiger charge is 2.25. The van der Waals surface area contributed by atoms with Crippen molar-refractivity contribution in [3.8, 4) is 0 Å². The molecule has 0 unspecified atom stereocenters. The fourth-order valence-electron chi connectivity index (χ4n) is 2.43. The smallest absolute Gasteiger partial charge is 0.109 e. The van der Waals surface area contributed by atoms with Crippen molar-refractivity contribution in [3.63, 3.8) is 0 Å². The number of aliphatic hydroxyl groups excluding tert-OH is 1. The van der Waals surface area contributed by atoms with Gasteiger partial charge in [-0.3, -0.25) is 0 Å². The van der Waals surface area contributed by atoms with E-state index in [0.717, 1.165) is 11.1 Å². The van der Waals surface area contributed by atoms with Crippen molar-refractivity contribution in [1.82, 2.24) is 0 Å². The minimum Gasteiger partial charge on any atom is -0.392 e. The van der Waals surface area contributed by atoms with Gasteiger partial charge in [0, 0.05) is 5.57 Å². The van der Waals surface area contributed by atoms with Crippen LogP contribution < -0.4 is 0 Å². The van der Waals surface area contributed by atoms with Crippen LogP contribution in [0.4, 0.5) is 0 Å². The highest BCUT2D eigenvalue weighted by Crippen LogP contribution is 2.37. The second-order valence-corrected chi connectivity index (χ2v) is 6.79. The van der Waals surface area contributed by atoms with Crippen LogP contribution in [0.3, 0.4) is 0 Å². The SMILES string of the molecule is CC1=C(CO)c2ccccc2[S@](=O)(c2ccccc2)=N1. The maximum atomic E-state index is 13.4. The van der Waals surface area contributed by atoms with Gasteiger partial charge in [0.25, 0.3) is 0 Å². The van der Waals surface area contributed by atoms with Gasteiger partial charge >= 0.3 is 0 Å². The molecule has 0 aliphatic carbocycles. The van der Waals surface area contributed by atoms with E-state index in [9.17, 15) is 9.32 Å². The maximum absolute atomic E-state index is 13.4. The molecule has 1 aliphatic rings. The molecule has 2 aromatic rings. The van der Waals surface area contributed by atoms with E-state index in [2.05, 4.69) is 4.36 Å². The van der Waals surface area contributed by atoms with E-state index in [1.54, 1.807) is 6.92 Å². The van der Waals surface area contributed by atoms with E-state index in [4.69, 9.17) is 0 Å². The molecule has 1 atom stereocenters. The minimum atomic E-state index is -2.66. The van der Waals surface area contributed by atoms with Crippen molar-refractivity contribution in [2.24, 2.45) is 4.36 Å². The van der Waals surface area contributed by atoms with Crippen molar-refractivity contribution in [2.75, 3.05) is 6.61 Å². The second-order valence-electron chi connectivity index (χ2n) is 4.65. The van der Waals surface area contributed by atoms with Gasteiger partial charge in [0.15, 0.2) is 0 Å². The predicted octanol–water partition coefficient (Wildman–Crippen LogP) is 3.31. The summed E-state index contributed by atoms with van der Waals surface area (Å²) in [7, 11) is -2.66. The Labute approximate surface area is 118 Å². The summed E-state index contributed by atoms with van der Waals surface area (Å²) in [5.41, 5.74) is 2.21. The first-order valence-corrected chi connectivity index (χ1v) is 7.90. The molecule has 1 heterocycles. The maximum Gasteiger partial charge on any atom is 0.109 e. The largest absolute Gasteiger partial charge is 0.392 e. The Kier molecular flexibility index (Phi) is 3.20. The first-order valence-electron chi connectivity index (χ1n) is 6.39. The van der Waals surface area contributed by atoms with Gasteiger partial charge in [-0.15, -0.1) is 0 Å². The molecule has 0 saturated carbocycles. The van der Waals surface area contributed by atoms with Crippen LogP contribution >= 0.6 is 0 Å². The second kappa shape index (κ2) is 4.89. The van der Waals surface area contributed by atoms with Crippen LogP contribution in [-0.4, -0.2) is 15.9 Å². The molecule has 2 aromatic carbocycles. The summed E-state index contributed by atoms with van der Waals surface area (Å²) in [5, 5.41) is 9.54. The zero-order chi connectivity index (χ0) is 14.2. The number of aliphatic hydroxyl groups is 1. The van der Waals surface area contributed by atoms with Gasteiger partial charge in [0.05, 0.1) is 22.1 Å². The van der Waals surface area contributed by atoms with Crippen LogP contribution in [0, 0.1) is 0 Å². The lowest BCUT2D eigenvalue weighted by atomic mass is 10.1. The zero-order valence-electron chi connectivity index (χ0n) is 11.1. The molecule has 0 saturated heterocycles. The van der Waals surface area contributed by atoms with E-state index in [1.807, 2.05) is 54.6 Å². The summed E-state index contributed by atoms with van der Waals surface area (Å²) in [4.78, 5) is 1.38. The molecule has 4 heteroatoms. The molecule has 0 aromatic heterocycles. The van der Waals surface area contributed by atoms with Crippen molar-refractivity contribution in [1.29, 1.82) is 0 Å². The van der Waals surface area contributed by atoms with E-state index >= 15 is 0 Å². The minimum absolute atomic E-state index is 0.101. The Balaban J connectivity index is 2.39. The summed E-state index contributed by atoms with van der Waals surface area (Å²) in [6.45, 7) is 1.70. The van der Waals surface area contributed by atoms with E-state index in [1.165, 1.54) is 0 Å². The lowest BCUT2D eigenvalue weighted by Gasteiger charge is -2.21. The molecule has 0 amide bonds. The number of rotatable bonds is 2. The van der Waals surface area contributed by atoms with Crippen molar-refractivity contribution < 1.29 is 9.32 Å². The lowest BCUT2D eigenvalue weighted by molar-refractivity contribution is 0.349. The summed E-state index contributed by atoms with van der Waals surface area (Å²) < 4.78 is 17.8. The molecule has 0 bridgehead atoms. The van der Waals surface area contributed by atoms with Crippen LogP contribution in [-0.2, 0) is 9.73 Å². The lowest BCUT2D eigenvalue weighted by Crippen LogP contribution is -2.11. The number of allylic oxidation sites excluding steroid dienone is 1. The first kappa shape index (κ1) is 13.1. The van der Waals surface area contributed by atoms with Gasteiger partial charge in [-0.05, 0) is 30.7 Å². The Morgan fingerprint density at radius 3 is 2.40 bits per heavy atom. The van der Waals surface area contributed by atoms with Crippen LogP contribution in [0.25, 0.3) is 5.57 Å². The van der Waals surface area contributed by atoms with Crippen LogP contribution in [0.15, 0.2) is 74.4 Å². The fraction of sp³-hybridized carbons (Fsp3) is 0.125. The molecule has 1 N–H and O–H groups in total. The predicted molar refractivity (Wildman–Crippen MR) is 79.7 cm³/mol. The molecule has 20 heavy (non-hydrogen) atoms. The third-order valence-corrected chi connectivity index (χ3v) is 5.83. The third kappa shape index (κ3) is 1.88. The molecule has 3 nitrogen and oxygen atoms in total. The molecule has 0 spiro atoms. The molecule has 3 rings (SSSR count). The Hall–Kier alpha value is -1.91. The molecule has 0 fully saturated rings. The average Bonchev–Trinajstić information content (AvgIpc) is 2.49. The Morgan fingerprint density at radius 2 is 1.70 bits per heavy atom. The van der Waals surface area contributed by atoms with Crippen LogP contribution in [0.5, 0.6) is 0 Å². The van der Waals surface area contributed by atoms with Gasteiger partial charge in [0.2, 0.25) is 0 Å². The Morgan fingerprint density at radius 1 is 1.05 bits per heavy atom.